The summed E-state index contributed by atoms with van der Waals surface area (Å²) in [7, 11) is -2.67. The molecule has 0 bridgehead atoms. The van der Waals surface area contributed by atoms with Crippen LogP contribution in [0.25, 0.3) is 0 Å². The number of anilines is 1. The SMILES string of the molecule is CCOC(=O)N1CCN(C(=O)CN(c2ccc(F)cc2)S(=O)(=O)c2ccc(OC)cc2)CC1. The Labute approximate surface area is 192 Å². The summed E-state index contributed by atoms with van der Waals surface area (Å²) in [5, 5.41) is 0. The first-order valence-corrected chi connectivity index (χ1v) is 11.8. The number of carbonyl (C=O) groups excluding carboxylic acids is 2. The second-order valence-electron chi connectivity index (χ2n) is 7.23. The highest BCUT2D eigenvalue weighted by molar-refractivity contribution is 7.92. The van der Waals surface area contributed by atoms with Crippen LogP contribution in [0.15, 0.2) is 53.4 Å². The summed E-state index contributed by atoms with van der Waals surface area (Å²) in [5.41, 5.74) is 0.158. The number of methoxy groups -OCH3 is 1. The van der Waals surface area contributed by atoms with Crippen LogP contribution < -0.4 is 9.04 Å². The lowest BCUT2D eigenvalue weighted by atomic mass is 10.3. The van der Waals surface area contributed by atoms with Crippen LogP contribution in [0.4, 0.5) is 14.9 Å². The molecule has 11 heteroatoms. The molecule has 1 saturated heterocycles. The van der Waals surface area contributed by atoms with Crippen molar-refractivity contribution in [1.82, 2.24) is 9.80 Å². The van der Waals surface area contributed by atoms with Crippen molar-refractivity contribution in [3.8, 4) is 5.75 Å². The van der Waals surface area contributed by atoms with Gasteiger partial charge in [0.05, 0.1) is 24.3 Å². The molecule has 0 N–H and O–H groups in total. The lowest BCUT2D eigenvalue weighted by Gasteiger charge is -2.35. The van der Waals surface area contributed by atoms with Crippen molar-refractivity contribution in [2.45, 2.75) is 11.8 Å². The van der Waals surface area contributed by atoms with E-state index in [1.807, 2.05) is 0 Å². The van der Waals surface area contributed by atoms with Crippen LogP contribution in [-0.2, 0) is 19.6 Å². The third kappa shape index (κ3) is 5.72. The van der Waals surface area contributed by atoms with Gasteiger partial charge < -0.3 is 19.3 Å². The first kappa shape index (κ1) is 24.3. The van der Waals surface area contributed by atoms with Gasteiger partial charge in [-0.05, 0) is 55.5 Å². The summed E-state index contributed by atoms with van der Waals surface area (Å²) in [6.07, 6.45) is -0.445. The fourth-order valence-electron chi connectivity index (χ4n) is 3.37. The molecule has 2 aromatic rings. The molecule has 2 amide bonds. The van der Waals surface area contributed by atoms with Crippen molar-refractivity contribution >= 4 is 27.7 Å². The van der Waals surface area contributed by atoms with Crippen LogP contribution in [-0.4, -0.2) is 76.7 Å². The lowest BCUT2D eigenvalue weighted by molar-refractivity contribution is -0.131. The van der Waals surface area contributed by atoms with E-state index in [0.717, 1.165) is 16.4 Å². The number of ether oxygens (including phenoxy) is 2. The number of carbonyl (C=O) groups is 2. The van der Waals surface area contributed by atoms with Gasteiger partial charge in [-0.15, -0.1) is 0 Å². The highest BCUT2D eigenvalue weighted by atomic mass is 32.2. The smallest absolute Gasteiger partial charge is 0.409 e. The van der Waals surface area contributed by atoms with E-state index in [2.05, 4.69) is 0 Å². The monoisotopic (exact) mass is 479 g/mol. The number of piperazine rings is 1. The van der Waals surface area contributed by atoms with Crippen LogP contribution in [0.5, 0.6) is 5.75 Å². The topological polar surface area (TPSA) is 96.5 Å². The zero-order valence-corrected chi connectivity index (χ0v) is 19.3. The van der Waals surface area contributed by atoms with Gasteiger partial charge in [0, 0.05) is 26.2 Å². The van der Waals surface area contributed by atoms with Gasteiger partial charge in [0.15, 0.2) is 0 Å². The van der Waals surface area contributed by atoms with Crippen molar-refractivity contribution in [1.29, 1.82) is 0 Å². The Bertz CT molecular complexity index is 1070. The highest BCUT2D eigenvalue weighted by Crippen LogP contribution is 2.25. The molecule has 9 nitrogen and oxygen atoms in total. The van der Waals surface area contributed by atoms with Gasteiger partial charge in [-0.25, -0.2) is 17.6 Å². The molecule has 0 saturated carbocycles. The molecule has 33 heavy (non-hydrogen) atoms. The lowest BCUT2D eigenvalue weighted by Crippen LogP contribution is -2.53. The second kappa shape index (κ2) is 10.5. The van der Waals surface area contributed by atoms with Crippen LogP contribution in [0.2, 0.25) is 0 Å². The maximum atomic E-state index is 13.5. The Kier molecular flexibility index (Phi) is 7.75. The summed E-state index contributed by atoms with van der Waals surface area (Å²) >= 11 is 0. The number of nitrogens with zero attached hydrogens (tertiary/aromatic N) is 3. The molecule has 1 fully saturated rings. The number of rotatable bonds is 7. The van der Waals surface area contributed by atoms with Crippen LogP contribution >= 0.6 is 0 Å². The summed E-state index contributed by atoms with van der Waals surface area (Å²) < 4.78 is 51.3. The Balaban J connectivity index is 1.81. The normalized spacial score (nSPS) is 14.0. The van der Waals surface area contributed by atoms with Crippen molar-refractivity contribution in [2.24, 2.45) is 0 Å². The number of amides is 2. The molecule has 0 aliphatic carbocycles. The fourth-order valence-corrected chi connectivity index (χ4v) is 4.79. The Morgan fingerprint density at radius 3 is 2.09 bits per heavy atom. The van der Waals surface area contributed by atoms with E-state index in [0.29, 0.717) is 5.75 Å². The first-order valence-electron chi connectivity index (χ1n) is 10.4. The zero-order valence-electron chi connectivity index (χ0n) is 18.4. The van der Waals surface area contributed by atoms with E-state index < -0.39 is 34.4 Å². The number of halogens is 1. The molecule has 0 aromatic heterocycles. The molecule has 1 aliphatic rings. The number of benzene rings is 2. The third-order valence-electron chi connectivity index (χ3n) is 5.20. The predicted octanol–water partition coefficient (Wildman–Crippen LogP) is 2.33. The van der Waals surface area contributed by atoms with Gasteiger partial charge in [0.1, 0.15) is 18.1 Å². The summed E-state index contributed by atoms with van der Waals surface area (Å²) in [4.78, 5) is 27.9. The fraction of sp³-hybridized carbons (Fsp3) is 0.364. The maximum absolute atomic E-state index is 13.5. The molecule has 0 unspecified atom stereocenters. The minimum Gasteiger partial charge on any atom is -0.497 e. The average Bonchev–Trinajstić information content (AvgIpc) is 2.83. The second-order valence-corrected chi connectivity index (χ2v) is 9.09. The van der Waals surface area contributed by atoms with E-state index in [4.69, 9.17) is 9.47 Å². The highest BCUT2D eigenvalue weighted by Gasteiger charge is 2.31. The van der Waals surface area contributed by atoms with E-state index in [1.165, 1.54) is 53.3 Å². The average molecular weight is 480 g/mol. The van der Waals surface area contributed by atoms with Crippen molar-refractivity contribution < 1.29 is 31.9 Å². The van der Waals surface area contributed by atoms with Gasteiger partial charge in [-0.1, -0.05) is 0 Å². The predicted molar refractivity (Wildman–Crippen MR) is 119 cm³/mol. The molecular weight excluding hydrogens is 453 g/mol. The molecule has 0 atom stereocenters. The third-order valence-corrected chi connectivity index (χ3v) is 6.99. The summed E-state index contributed by atoms with van der Waals surface area (Å²) in [6.45, 7) is 2.56. The van der Waals surface area contributed by atoms with Crippen LogP contribution in [0, 0.1) is 5.82 Å². The summed E-state index contributed by atoms with van der Waals surface area (Å²) in [6, 6.07) is 10.7. The molecule has 1 aliphatic heterocycles. The van der Waals surface area contributed by atoms with E-state index in [1.54, 1.807) is 6.92 Å². The number of hydrogen-bond acceptors (Lipinski definition) is 6. The Morgan fingerprint density at radius 1 is 0.970 bits per heavy atom. The van der Waals surface area contributed by atoms with Crippen LogP contribution in [0.1, 0.15) is 6.92 Å². The van der Waals surface area contributed by atoms with Gasteiger partial charge in [0.25, 0.3) is 10.0 Å². The standard InChI is InChI=1S/C22H26FN3O6S/c1-3-32-22(28)25-14-12-24(13-15-25)21(27)16-26(18-6-4-17(23)5-7-18)33(29,30)20-10-8-19(31-2)9-11-20/h4-11H,3,12-16H2,1-2H3. The Hall–Kier alpha value is -3.34. The number of sulfonamides is 1. The van der Waals surface area contributed by atoms with E-state index in [-0.39, 0.29) is 43.4 Å². The molecular formula is C22H26FN3O6S. The van der Waals surface area contributed by atoms with Crippen molar-refractivity contribution in [3.63, 3.8) is 0 Å². The molecule has 3 rings (SSSR count). The van der Waals surface area contributed by atoms with Gasteiger partial charge in [-0.2, -0.15) is 0 Å². The maximum Gasteiger partial charge on any atom is 0.409 e. The van der Waals surface area contributed by atoms with Gasteiger partial charge in [-0.3, -0.25) is 9.10 Å². The molecule has 178 valence electrons. The van der Waals surface area contributed by atoms with E-state index >= 15 is 0 Å². The quantitative estimate of drug-likeness (QED) is 0.605. The minimum atomic E-state index is -4.13. The molecule has 1 heterocycles. The summed E-state index contributed by atoms with van der Waals surface area (Å²) in [5.74, 6) is -0.472. The van der Waals surface area contributed by atoms with Gasteiger partial charge in [0.2, 0.25) is 5.91 Å². The largest absolute Gasteiger partial charge is 0.497 e. The first-order chi connectivity index (χ1) is 15.8. The Morgan fingerprint density at radius 2 is 1.55 bits per heavy atom. The van der Waals surface area contributed by atoms with Gasteiger partial charge >= 0.3 is 6.09 Å². The molecule has 0 spiro atoms. The molecule has 2 aromatic carbocycles. The van der Waals surface area contributed by atoms with Crippen LogP contribution in [0.3, 0.4) is 0 Å². The zero-order chi connectivity index (χ0) is 24.0. The van der Waals surface area contributed by atoms with E-state index in [9.17, 15) is 22.4 Å². The number of hydrogen-bond donors (Lipinski definition) is 0. The molecule has 0 radical (unpaired) electrons. The minimum absolute atomic E-state index is 0.0347. The van der Waals surface area contributed by atoms with Crippen molar-refractivity contribution in [3.05, 3.63) is 54.3 Å². The van der Waals surface area contributed by atoms with Crippen molar-refractivity contribution in [2.75, 3.05) is 50.7 Å².